The van der Waals surface area contributed by atoms with E-state index in [1.54, 1.807) is 24.3 Å². The smallest absolute Gasteiger partial charge is 0.310 e. The minimum absolute atomic E-state index is 0.0468. The highest BCUT2D eigenvalue weighted by Crippen LogP contribution is 2.28. The average Bonchev–Trinajstić information content (AvgIpc) is 2.29. The number of hydrogen-bond acceptors (Lipinski definition) is 1. The molecule has 0 aromatic heterocycles. The first-order valence-corrected chi connectivity index (χ1v) is 6.36. The second kappa shape index (κ2) is 7.00. The zero-order valence-electron chi connectivity index (χ0n) is 10.2. The molecule has 0 bridgehead atoms. The van der Waals surface area contributed by atoms with E-state index in [9.17, 15) is 13.2 Å². The van der Waals surface area contributed by atoms with Gasteiger partial charge in [-0.3, -0.25) is 0 Å². The summed E-state index contributed by atoms with van der Waals surface area (Å²) in [5.74, 6) is 0. The van der Waals surface area contributed by atoms with E-state index >= 15 is 0 Å². The molecule has 0 saturated heterocycles. The third-order valence-corrected chi connectivity index (χ3v) is 2.88. The van der Waals surface area contributed by atoms with E-state index < -0.39 is 12.6 Å². The minimum Gasteiger partial charge on any atom is -0.310 e. The van der Waals surface area contributed by atoms with Crippen LogP contribution in [0.4, 0.5) is 13.2 Å². The molecule has 1 rings (SSSR count). The number of halogens is 4. The highest BCUT2D eigenvalue weighted by molar-refractivity contribution is 6.30. The molecule has 18 heavy (non-hydrogen) atoms. The van der Waals surface area contributed by atoms with Crippen LogP contribution in [0.1, 0.15) is 37.8 Å². The lowest BCUT2D eigenvalue weighted by Crippen LogP contribution is -2.24. The summed E-state index contributed by atoms with van der Waals surface area (Å²) >= 11 is 5.77. The van der Waals surface area contributed by atoms with Crippen molar-refractivity contribution in [3.8, 4) is 0 Å². The van der Waals surface area contributed by atoms with Gasteiger partial charge in [-0.2, -0.15) is 13.2 Å². The summed E-state index contributed by atoms with van der Waals surface area (Å²) < 4.78 is 36.8. The number of hydrogen-bond donors (Lipinski definition) is 1. The van der Waals surface area contributed by atoms with Crippen molar-refractivity contribution in [1.29, 1.82) is 0 Å². The van der Waals surface area contributed by atoms with Gasteiger partial charge in [0, 0.05) is 17.5 Å². The molecule has 1 atom stereocenters. The second-order valence-corrected chi connectivity index (χ2v) is 4.65. The normalized spacial score (nSPS) is 13.6. The molecule has 0 aliphatic carbocycles. The van der Waals surface area contributed by atoms with Gasteiger partial charge in [-0.15, -0.1) is 0 Å². The predicted molar refractivity (Wildman–Crippen MR) is 67.8 cm³/mol. The Balaban J connectivity index is 2.68. The van der Waals surface area contributed by atoms with E-state index in [-0.39, 0.29) is 12.5 Å². The lowest BCUT2D eigenvalue weighted by molar-refractivity contribution is -0.136. The summed E-state index contributed by atoms with van der Waals surface area (Å²) in [4.78, 5) is 0. The van der Waals surface area contributed by atoms with Crippen molar-refractivity contribution in [2.24, 2.45) is 0 Å². The molecule has 1 unspecified atom stereocenters. The number of nitrogens with one attached hydrogen (secondary N) is 1. The van der Waals surface area contributed by atoms with Crippen molar-refractivity contribution in [1.82, 2.24) is 5.32 Å². The van der Waals surface area contributed by atoms with Gasteiger partial charge in [0.2, 0.25) is 0 Å². The maximum atomic E-state index is 12.3. The van der Waals surface area contributed by atoms with Gasteiger partial charge < -0.3 is 5.32 Å². The third-order valence-electron chi connectivity index (χ3n) is 2.63. The molecule has 1 N–H and O–H groups in total. The average molecular weight is 280 g/mol. The molecule has 0 fully saturated rings. The quantitative estimate of drug-likeness (QED) is 0.794. The lowest BCUT2D eigenvalue weighted by atomic mass is 10.0. The van der Waals surface area contributed by atoms with Gasteiger partial charge in [0.25, 0.3) is 0 Å². The van der Waals surface area contributed by atoms with Crippen molar-refractivity contribution < 1.29 is 13.2 Å². The first-order chi connectivity index (χ1) is 8.42. The molecule has 0 aliphatic heterocycles. The second-order valence-electron chi connectivity index (χ2n) is 4.21. The summed E-state index contributed by atoms with van der Waals surface area (Å²) in [5.41, 5.74) is 0.845. The van der Waals surface area contributed by atoms with E-state index in [0.717, 1.165) is 12.0 Å². The Kier molecular flexibility index (Phi) is 5.96. The van der Waals surface area contributed by atoms with E-state index in [4.69, 9.17) is 11.6 Å². The van der Waals surface area contributed by atoms with Gasteiger partial charge in [-0.05, 0) is 37.1 Å². The Morgan fingerprint density at radius 2 is 1.83 bits per heavy atom. The number of benzene rings is 1. The Labute approximate surface area is 110 Å². The summed E-state index contributed by atoms with van der Waals surface area (Å²) in [6.07, 6.45) is -3.96. The van der Waals surface area contributed by atoms with Crippen molar-refractivity contribution in [2.45, 2.75) is 38.4 Å². The van der Waals surface area contributed by atoms with E-state index in [2.05, 4.69) is 5.32 Å². The van der Waals surface area contributed by atoms with E-state index in [1.807, 2.05) is 6.92 Å². The molecule has 0 spiro atoms. The zero-order chi connectivity index (χ0) is 13.6. The van der Waals surface area contributed by atoms with Gasteiger partial charge in [0.1, 0.15) is 0 Å². The van der Waals surface area contributed by atoms with Crippen molar-refractivity contribution in [3.63, 3.8) is 0 Å². The molecular weight excluding hydrogens is 263 g/mol. The lowest BCUT2D eigenvalue weighted by Gasteiger charge is -2.20. The van der Waals surface area contributed by atoms with Gasteiger partial charge in [0.05, 0.1) is 0 Å². The van der Waals surface area contributed by atoms with Crippen molar-refractivity contribution in [3.05, 3.63) is 34.9 Å². The van der Waals surface area contributed by atoms with Crippen LogP contribution in [0.3, 0.4) is 0 Å². The van der Waals surface area contributed by atoms with Crippen LogP contribution in [0, 0.1) is 0 Å². The van der Waals surface area contributed by atoms with E-state index in [1.165, 1.54) is 0 Å². The van der Waals surface area contributed by atoms with Gasteiger partial charge in [-0.1, -0.05) is 30.7 Å². The van der Waals surface area contributed by atoms with Gasteiger partial charge >= 0.3 is 6.18 Å². The molecule has 5 heteroatoms. The Morgan fingerprint density at radius 3 is 2.33 bits per heavy atom. The van der Waals surface area contributed by atoms with E-state index in [0.29, 0.717) is 11.6 Å². The highest BCUT2D eigenvalue weighted by atomic mass is 35.5. The van der Waals surface area contributed by atoms with Crippen LogP contribution >= 0.6 is 11.6 Å². The third kappa shape index (κ3) is 5.74. The Bertz CT molecular complexity index is 348. The molecule has 0 heterocycles. The maximum absolute atomic E-state index is 12.3. The topological polar surface area (TPSA) is 12.0 Å². The first-order valence-electron chi connectivity index (χ1n) is 5.98. The monoisotopic (exact) mass is 279 g/mol. The van der Waals surface area contributed by atoms with Crippen LogP contribution in [0.15, 0.2) is 24.3 Å². The summed E-state index contributed by atoms with van der Waals surface area (Å²) in [7, 11) is 0. The molecule has 0 amide bonds. The van der Waals surface area contributed by atoms with Crippen molar-refractivity contribution in [2.75, 3.05) is 6.54 Å². The molecule has 0 radical (unpaired) electrons. The van der Waals surface area contributed by atoms with Gasteiger partial charge in [0.15, 0.2) is 0 Å². The zero-order valence-corrected chi connectivity index (χ0v) is 11.0. The largest absolute Gasteiger partial charge is 0.389 e. The maximum Gasteiger partial charge on any atom is 0.389 e. The summed E-state index contributed by atoms with van der Waals surface area (Å²) in [6.45, 7) is 2.68. The molecule has 0 saturated carbocycles. The molecular formula is C13H17ClF3N. The fourth-order valence-electron chi connectivity index (χ4n) is 1.71. The summed E-state index contributed by atoms with van der Waals surface area (Å²) in [6, 6.07) is 6.66. The molecule has 1 nitrogen and oxygen atoms in total. The molecule has 102 valence electrons. The molecule has 0 aliphatic rings. The highest BCUT2D eigenvalue weighted by Gasteiger charge is 2.28. The van der Waals surface area contributed by atoms with Crippen LogP contribution in [-0.2, 0) is 0 Å². The molecule has 1 aromatic rings. The number of alkyl halides is 3. The van der Waals surface area contributed by atoms with Crippen LogP contribution in [0.25, 0.3) is 0 Å². The fraction of sp³-hybridized carbons (Fsp3) is 0.538. The van der Waals surface area contributed by atoms with Gasteiger partial charge in [-0.25, -0.2) is 0 Å². The fourth-order valence-corrected chi connectivity index (χ4v) is 1.83. The predicted octanol–water partition coefficient (Wildman–Crippen LogP) is 4.72. The number of rotatable bonds is 6. The van der Waals surface area contributed by atoms with Crippen LogP contribution in [0.5, 0.6) is 0 Å². The summed E-state index contributed by atoms with van der Waals surface area (Å²) in [5, 5.41) is 3.72. The van der Waals surface area contributed by atoms with Crippen LogP contribution in [0.2, 0.25) is 5.02 Å². The SMILES string of the molecule is CCCNC(CCC(F)(F)F)c1ccc(Cl)cc1. The van der Waals surface area contributed by atoms with Crippen LogP contribution in [-0.4, -0.2) is 12.7 Å². The Morgan fingerprint density at radius 1 is 1.22 bits per heavy atom. The standard InChI is InChI=1S/C13H17ClF3N/c1-2-9-18-12(7-8-13(15,16)17)10-3-5-11(14)6-4-10/h3-6,12,18H,2,7-9H2,1H3. The minimum atomic E-state index is -4.11. The first kappa shape index (κ1) is 15.3. The Hall–Kier alpha value is -0.740. The van der Waals surface area contributed by atoms with Crippen LogP contribution < -0.4 is 5.32 Å². The molecule has 1 aromatic carbocycles. The van der Waals surface area contributed by atoms with Crippen molar-refractivity contribution >= 4 is 11.6 Å².